The van der Waals surface area contributed by atoms with E-state index in [1.165, 1.54) is 4.57 Å². The van der Waals surface area contributed by atoms with E-state index in [0.29, 0.717) is 23.5 Å². The Kier molecular flexibility index (Phi) is 4.06. The Morgan fingerprint density at radius 1 is 1.40 bits per heavy atom. The van der Waals surface area contributed by atoms with Crippen LogP contribution < -0.4 is 5.73 Å². The summed E-state index contributed by atoms with van der Waals surface area (Å²) in [5, 5.41) is 1.46. The molecule has 0 unspecified atom stereocenters. The number of nitrogens with zero attached hydrogens (tertiary/aromatic N) is 1. The normalized spacial score (nSPS) is 11.8. The van der Waals surface area contributed by atoms with Crippen LogP contribution in [0.2, 0.25) is 5.02 Å². The first-order chi connectivity index (χ1) is 9.33. The molecule has 108 valence electrons. The van der Waals surface area contributed by atoms with E-state index in [2.05, 4.69) is 0 Å². The minimum absolute atomic E-state index is 0.432. The summed E-state index contributed by atoms with van der Waals surface area (Å²) >= 11 is 6.23. The second-order valence-electron chi connectivity index (χ2n) is 5.68. The zero-order chi connectivity index (χ0) is 14.9. The van der Waals surface area contributed by atoms with Gasteiger partial charge in [0.25, 0.3) is 0 Å². The third kappa shape index (κ3) is 2.97. The number of hydrogen-bond donors (Lipinski definition) is 1. The number of carbonyl (C=O) groups is 1. The van der Waals surface area contributed by atoms with Crippen LogP contribution in [0.15, 0.2) is 24.4 Å². The molecule has 2 rings (SSSR count). The lowest BCUT2D eigenvalue weighted by Gasteiger charge is -2.19. The molecular formula is C15H19ClN2O2. The number of ether oxygens (including phenoxy) is 1. The van der Waals surface area contributed by atoms with Gasteiger partial charge in [0.2, 0.25) is 0 Å². The van der Waals surface area contributed by atoms with E-state index < -0.39 is 11.7 Å². The van der Waals surface area contributed by atoms with Crippen LogP contribution in [0.4, 0.5) is 4.79 Å². The summed E-state index contributed by atoms with van der Waals surface area (Å²) in [5.41, 5.74) is 6.73. The van der Waals surface area contributed by atoms with E-state index >= 15 is 0 Å². The lowest BCUT2D eigenvalue weighted by molar-refractivity contribution is 0.0544. The number of benzene rings is 1. The highest BCUT2D eigenvalue weighted by Gasteiger charge is 2.21. The van der Waals surface area contributed by atoms with Crippen molar-refractivity contribution >= 4 is 28.6 Å². The van der Waals surface area contributed by atoms with Gasteiger partial charge < -0.3 is 10.5 Å². The number of nitrogens with two attached hydrogens (primary N) is 1. The number of hydrogen-bond acceptors (Lipinski definition) is 3. The lowest BCUT2D eigenvalue weighted by Crippen LogP contribution is -2.26. The Hall–Kier alpha value is -1.52. The molecule has 0 aliphatic heterocycles. The Labute approximate surface area is 123 Å². The van der Waals surface area contributed by atoms with Gasteiger partial charge >= 0.3 is 6.09 Å². The summed E-state index contributed by atoms with van der Waals surface area (Å²) in [6, 6.07) is 5.56. The van der Waals surface area contributed by atoms with Gasteiger partial charge in [0.15, 0.2) is 0 Å². The van der Waals surface area contributed by atoms with Gasteiger partial charge in [0, 0.05) is 11.6 Å². The lowest BCUT2D eigenvalue weighted by atomic mass is 10.1. The largest absolute Gasteiger partial charge is 0.443 e. The molecule has 5 heteroatoms. The first-order valence-electron chi connectivity index (χ1n) is 6.55. The third-order valence-corrected chi connectivity index (χ3v) is 3.17. The summed E-state index contributed by atoms with van der Waals surface area (Å²) in [7, 11) is 0. The van der Waals surface area contributed by atoms with Gasteiger partial charge in [-0.3, -0.25) is 4.57 Å². The van der Waals surface area contributed by atoms with E-state index in [1.807, 2.05) is 32.9 Å². The minimum atomic E-state index is -0.553. The summed E-state index contributed by atoms with van der Waals surface area (Å²) in [6.45, 7) is 6.01. The van der Waals surface area contributed by atoms with Crippen LogP contribution in [0.25, 0.3) is 10.9 Å². The van der Waals surface area contributed by atoms with Crippen molar-refractivity contribution in [2.75, 3.05) is 6.54 Å². The van der Waals surface area contributed by atoms with Crippen LogP contribution in [0.3, 0.4) is 0 Å². The van der Waals surface area contributed by atoms with E-state index in [-0.39, 0.29) is 0 Å². The van der Waals surface area contributed by atoms with Gasteiger partial charge in [-0.15, -0.1) is 0 Å². The maximum Gasteiger partial charge on any atom is 0.419 e. The Balaban J connectivity index is 2.55. The van der Waals surface area contributed by atoms with Crippen LogP contribution in [-0.4, -0.2) is 22.8 Å². The molecule has 2 aromatic rings. The Morgan fingerprint density at radius 2 is 2.10 bits per heavy atom. The maximum atomic E-state index is 12.3. The monoisotopic (exact) mass is 294 g/mol. The summed E-state index contributed by atoms with van der Waals surface area (Å²) in [6.07, 6.45) is 2.02. The van der Waals surface area contributed by atoms with E-state index in [1.54, 1.807) is 12.3 Å². The number of aromatic nitrogens is 1. The number of fused-ring (bicyclic) bond motifs is 1. The van der Waals surface area contributed by atoms with Crippen molar-refractivity contribution < 1.29 is 9.53 Å². The standard InChI is InChI=1S/C15H19ClN2O2/c1-15(2,3)20-14(19)18-9-10(7-8-17)11-5-4-6-12(16)13(11)18/h4-6,9H,7-8,17H2,1-3H3. The molecule has 2 N–H and O–H groups in total. The molecule has 0 radical (unpaired) electrons. The zero-order valence-electron chi connectivity index (χ0n) is 11.9. The fourth-order valence-electron chi connectivity index (χ4n) is 2.12. The highest BCUT2D eigenvalue weighted by Crippen LogP contribution is 2.29. The molecule has 0 aliphatic carbocycles. The topological polar surface area (TPSA) is 57.2 Å². The number of rotatable bonds is 2. The van der Waals surface area contributed by atoms with Gasteiger partial charge in [-0.2, -0.15) is 0 Å². The van der Waals surface area contributed by atoms with Crippen molar-refractivity contribution in [3.05, 3.63) is 35.0 Å². The third-order valence-electron chi connectivity index (χ3n) is 2.86. The molecule has 0 aliphatic rings. The summed E-state index contributed by atoms with van der Waals surface area (Å²) < 4.78 is 6.88. The molecule has 1 aromatic heterocycles. The molecule has 1 heterocycles. The van der Waals surface area contributed by atoms with E-state index in [9.17, 15) is 4.79 Å². The average Bonchev–Trinajstić information content (AvgIpc) is 2.68. The van der Waals surface area contributed by atoms with Crippen molar-refractivity contribution in [3.63, 3.8) is 0 Å². The fourth-order valence-corrected chi connectivity index (χ4v) is 2.38. The molecule has 0 atom stereocenters. The van der Waals surface area contributed by atoms with Crippen LogP contribution in [-0.2, 0) is 11.2 Å². The molecule has 0 bridgehead atoms. The molecule has 4 nitrogen and oxygen atoms in total. The van der Waals surface area contributed by atoms with Crippen molar-refractivity contribution in [1.82, 2.24) is 4.57 Å². The van der Waals surface area contributed by atoms with Crippen LogP contribution in [0.5, 0.6) is 0 Å². The maximum absolute atomic E-state index is 12.3. The molecular weight excluding hydrogens is 276 g/mol. The Bertz CT molecular complexity index is 641. The van der Waals surface area contributed by atoms with E-state index in [0.717, 1.165) is 10.9 Å². The highest BCUT2D eigenvalue weighted by atomic mass is 35.5. The predicted molar refractivity (Wildman–Crippen MR) is 81.3 cm³/mol. The Morgan fingerprint density at radius 3 is 2.70 bits per heavy atom. The fraction of sp³-hybridized carbons (Fsp3) is 0.400. The van der Waals surface area contributed by atoms with Gasteiger partial charge in [-0.05, 0) is 45.4 Å². The molecule has 0 amide bonds. The molecule has 0 saturated heterocycles. The molecule has 0 fully saturated rings. The van der Waals surface area contributed by atoms with Gasteiger partial charge in [-0.25, -0.2) is 4.79 Å². The molecule has 0 spiro atoms. The second kappa shape index (κ2) is 5.46. The van der Waals surface area contributed by atoms with Crippen LogP contribution >= 0.6 is 11.6 Å². The SMILES string of the molecule is CC(C)(C)OC(=O)n1cc(CCN)c2cccc(Cl)c21. The highest BCUT2D eigenvalue weighted by molar-refractivity contribution is 6.35. The number of halogens is 1. The van der Waals surface area contributed by atoms with Gasteiger partial charge in [-0.1, -0.05) is 23.7 Å². The van der Waals surface area contributed by atoms with E-state index in [4.69, 9.17) is 22.1 Å². The van der Waals surface area contributed by atoms with Crippen molar-refractivity contribution in [3.8, 4) is 0 Å². The predicted octanol–water partition coefficient (Wildman–Crippen LogP) is 3.58. The number of para-hydroxylation sites is 1. The average molecular weight is 295 g/mol. The van der Waals surface area contributed by atoms with Gasteiger partial charge in [0.1, 0.15) is 5.60 Å². The molecule has 0 saturated carbocycles. The quantitative estimate of drug-likeness (QED) is 0.921. The minimum Gasteiger partial charge on any atom is -0.443 e. The van der Waals surface area contributed by atoms with Crippen LogP contribution in [0.1, 0.15) is 26.3 Å². The smallest absolute Gasteiger partial charge is 0.419 e. The molecule has 1 aromatic carbocycles. The first kappa shape index (κ1) is 14.9. The second-order valence-corrected chi connectivity index (χ2v) is 6.09. The van der Waals surface area contributed by atoms with Crippen molar-refractivity contribution in [2.24, 2.45) is 5.73 Å². The van der Waals surface area contributed by atoms with Crippen LogP contribution in [0, 0.1) is 0 Å². The zero-order valence-corrected chi connectivity index (χ0v) is 12.7. The van der Waals surface area contributed by atoms with Crippen molar-refractivity contribution in [1.29, 1.82) is 0 Å². The molecule has 20 heavy (non-hydrogen) atoms. The number of carbonyl (C=O) groups excluding carboxylic acids is 1. The first-order valence-corrected chi connectivity index (χ1v) is 6.93. The van der Waals surface area contributed by atoms with Crippen molar-refractivity contribution in [2.45, 2.75) is 32.8 Å². The summed E-state index contributed by atoms with van der Waals surface area (Å²) in [4.78, 5) is 12.3. The van der Waals surface area contributed by atoms with Gasteiger partial charge in [0.05, 0.1) is 10.5 Å². The summed E-state index contributed by atoms with van der Waals surface area (Å²) in [5.74, 6) is 0.